The molecule has 0 unspecified atom stereocenters. The highest BCUT2D eigenvalue weighted by molar-refractivity contribution is 6.83. The highest BCUT2D eigenvalue weighted by atomic mass is 28.3. The fourth-order valence-corrected chi connectivity index (χ4v) is 1.84. The summed E-state index contributed by atoms with van der Waals surface area (Å²) in [5, 5.41) is 9.88. The summed E-state index contributed by atoms with van der Waals surface area (Å²) in [6, 6.07) is 5.46. The highest BCUT2D eigenvalue weighted by Gasteiger charge is 2.10. The van der Waals surface area contributed by atoms with Crippen molar-refractivity contribution in [3.63, 3.8) is 0 Å². The van der Waals surface area contributed by atoms with Crippen molar-refractivity contribution in [1.29, 1.82) is 0 Å². The molecule has 5 heteroatoms. The number of nitrogens with zero attached hydrogens (tertiary/aromatic N) is 3. The summed E-state index contributed by atoms with van der Waals surface area (Å²) in [6.45, 7) is 6.42. The number of hydrogen-bond donors (Lipinski definition) is 1. The Morgan fingerprint density at radius 2 is 1.95 bits per heavy atom. The second-order valence-corrected chi connectivity index (χ2v) is 9.90. The Kier molecular flexibility index (Phi) is 3.63. The van der Waals surface area contributed by atoms with Crippen LogP contribution in [0.3, 0.4) is 0 Å². The fraction of sp³-hybridized carbons (Fsp3) is 0.214. The lowest BCUT2D eigenvalue weighted by molar-refractivity contribution is 0.451. The van der Waals surface area contributed by atoms with E-state index in [0.717, 1.165) is 0 Å². The molecule has 0 aliphatic heterocycles. The minimum Gasteiger partial charge on any atom is -0.492 e. The van der Waals surface area contributed by atoms with Crippen molar-refractivity contribution >= 4 is 8.07 Å². The average Bonchev–Trinajstić information content (AvgIpc) is 2.37. The molecule has 0 aliphatic rings. The molecule has 2 aromatic rings. The van der Waals surface area contributed by atoms with Gasteiger partial charge < -0.3 is 5.11 Å². The molecule has 4 nitrogen and oxygen atoms in total. The van der Waals surface area contributed by atoms with Crippen molar-refractivity contribution in [3.8, 4) is 28.9 Å². The maximum absolute atomic E-state index is 9.88. The lowest BCUT2D eigenvalue weighted by Crippen LogP contribution is -2.16. The van der Waals surface area contributed by atoms with Crippen LogP contribution in [-0.4, -0.2) is 28.1 Å². The molecule has 0 radical (unpaired) electrons. The molecule has 0 fully saturated rings. The van der Waals surface area contributed by atoms with E-state index in [1.165, 1.54) is 0 Å². The standard InChI is InChI=1S/C14H15N3OSi/c1-19(2,3)9-7-11-10-16-13(17-14(11)18)12-6-4-5-8-15-12/h4-6,8,10H,1-3H3,(H,16,17,18). The minimum absolute atomic E-state index is 0.0959. The van der Waals surface area contributed by atoms with Crippen LogP contribution in [0.5, 0.6) is 5.88 Å². The lowest BCUT2D eigenvalue weighted by atomic mass is 10.3. The minimum atomic E-state index is -1.48. The van der Waals surface area contributed by atoms with Crippen LogP contribution >= 0.6 is 0 Å². The molecule has 2 rings (SSSR count). The zero-order chi connectivity index (χ0) is 13.9. The van der Waals surface area contributed by atoms with Crippen molar-refractivity contribution in [2.75, 3.05) is 0 Å². The van der Waals surface area contributed by atoms with Gasteiger partial charge in [0.2, 0.25) is 5.88 Å². The molecule has 0 amide bonds. The second-order valence-electron chi connectivity index (χ2n) is 5.15. The first-order chi connectivity index (χ1) is 8.96. The monoisotopic (exact) mass is 269 g/mol. The number of aromatic hydroxyl groups is 1. The summed E-state index contributed by atoms with van der Waals surface area (Å²) >= 11 is 0. The van der Waals surface area contributed by atoms with Crippen molar-refractivity contribution in [2.45, 2.75) is 19.6 Å². The van der Waals surface area contributed by atoms with E-state index in [2.05, 4.69) is 46.1 Å². The van der Waals surface area contributed by atoms with Gasteiger partial charge in [-0.2, -0.15) is 4.98 Å². The van der Waals surface area contributed by atoms with E-state index in [9.17, 15) is 5.11 Å². The van der Waals surface area contributed by atoms with Crippen LogP contribution in [0.1, 0.15) is 5.56 Å². The summed E-state index contributed by atoms with van der Waals surface area (Å²) in [4.78, 5) is 12.4. The van der Waals surface area contributed by atoms with Crippen LogP contribution in [0.4, 0.5) is 0 Å². The van der Waals surface area contributed by atoms with Gasteiger partial charge in [0.05, 0.1) is 6.20 Å². The van der Waals surface area contributed by atoms with Crippen molar-refractivity contribution in [3.05, 3.63) is 36.2 Å². The Balaban J connectivity index is 2.35. The van der Waals surface area contributed by atoms with Crippen LogP contribution in [0.25, 0.3) is 11.5 Å². The van der Waals surface area contributed by atoms with Crippen LogP contribution in [0, 0.1) is 11.5 Å². The number of rotatable bonds is 1. The summed E-state index contributed by atoms with van der Waals surface area (Å²) in [6.07, 6.45) is 3.20. The Bertz CT molecular complexity index is 639. The van der Waals surface area contributed by atoms with E-state index in [0.29, 0.717) is 17.1 Å². The molecule has 2 aromatic heterocycles. The summed E-state index contributed by atoms with van der Waals surface area (Å²) < 4.78 is 0. The van der Waals surface area contributed by atoms with E-state index >= 15 is 0 Å². The second kappa shape index (κ2) is 5.20. The topological polar surface area (TPSA) is 58.9 Å². The molecule has 0 spiro atoms. The van der Waals surface area contributed by atoms with Crippen molar-refractivity contribution in [2.24, 2.45) is 0 Å². The third kappa shape index (κ3) is 3.63. The van der Waals surface area contributed by atoms with E-state index < -0.39 is 8.07 Å². The van der Waals surface area contributed by atoms with Crippen LogP contribution in [-0.2, 0) is 0 Å². The van der Waals surface area contributed by atoms with E-state index in [1.807, 2.05) is 12.1 Å². The average molecular weight is 269 g/mol. The quantitative estimate of drug-likeness (QED) is 0.638. The van der Waals surface area contributed by atoms with Crippen LogP contribution < -0.4 is 0 Å². The number of pyridine rings is 1. The first-order valence-corrected chi connectivity index (χ1v) is 9.46. The van der Waals surface area contributed by atoms with Gasteiger partial charge in [-0.15, -0.1) is 5.54 Å². The summed E-state index contributed by atoms with van der Waals surface area (Å²) in [5.41, 5.74) is 4.26. The molecule has 0 saturated heterocycles. The van der Waals surface area contributed by atoms with Crippen LogP contribution in [0.2, 0.25) is 19.6 Å². The normalized spacial score (nSPS) is 10.7. The zero-order valence-corrected chi connectivity index (χ0v) is 12.2. The van der Waals surface area contributed by atoms with E-state index in [1.54, 1.807) is 18.5 Å². The van der Waals surface area contributed by atoms with E-state index in [-0.39, 0.29) is 5.88 Å². The summed E-state index contributed by atoms with van der Waals surface area (Å²) in [7, 11) is -1.48. The van der Waals surface area contributed by atoms with Gasteiger partial charge in [-0.1, -0.05) is 31.6 Å². The molecule has 0 saturated carbocycles. The lowest BCUT2D eigenvalue weighted by Gasteiger charge is -2.04. The highest BCUT2D eigenvalue weighted by Crippen LogP contribution is 2.17. The Hall–Kier alpha value is -2.19. The predicted octanol–water partition coefficient (Wildman–Crippen LogP) is 2.47. The zero-order valence-electron chi connectivity index (χ0n) is 11.2. The van der Waals surface area contributed by atoms with Gasteiger partial charge >= 0.3 is 0 Å². The summed E-state index contributed by atoms with van der Waals surface area (Å²) in [5.74, 6) is 3.25. The maximum Gasteiger partial charge on any atom is 0.230 e. The smallest absolute Gasteiger partial charge is 0.230 e. The maximum atomic E-state index is 9.88. The van der Waals surface area contributed by atoms with Gasteiger partial charge in [-0.3, -0.25) is 4.98 Å². The van der Waals surface area contributed by atoms with Gasteiger partial charge in [0, 0.05) is 6.20 Å². The Morgan fingerprint density at radius 1 is 1.16 bits per heavy atom. The first kappa shape index (κ1) is 13.2. The molecule has 0 aliphatic carbocycles. The Morgan fingerprint density at radius 3 is 2.53 bits per heavy atom. The van der Waals surface area contributed by atoms with E-state index in [4.69, 9.17) is 0 Å². The Labute approximate surface area is 113 Å². The van der Waals surface area contributed by atoms with Gasteiger partial charge in [0.15, 0.2) is 5.82 Å². The molecular formula is C14H15N3OSi. The molecule has 2 heterocycles. The molecule has 0 atom stereocenters. The van der Waals surface area contributed by atoms with Gasteiger partial charge in [0.25, 0.3) is 0 Å². The SMILES string of the molecule is C[Si](C)(C)C#Cc1cnc(-c2ccccn2)nc1O. The predicted molar refractivity (Wildman–Crippen MR) is 77.2 cm³/mol. The fourth-order valence-electron chi connectivity index (χ4n) is 1.33. The van der Waals surface area contributed by atoms with Crippen LogP contribution in [0.15, 0.2) is 30.6 Å². The first-order valence-electron chi connectivity index (χ1n) is 5.96. The van der Waals surface area contributed by atoms with Gasteiger partial charge in [-0.25, -0.2) is 4.98 Å². The third-order valence-electron chi connectivity index (χ3n) is 2.23. The molecule has 1 N–H and O–H groups in total. The van der Waals surface area contributed by atoms with Gasteiger partial charge in [-0.05, 0) is 12.1 Å². The molecular weight excluding hydrogens is 254 g/mol. The number of hydrogen-bond acceptors (Lipinski definition) is 4. The van der Waals surface area contributed by atoms with Gasteiger partial charge in [0.1, 0.15) is 19.3 Å². The molecule has 19 heavy (non-hydrogen) atoms. The molecule has 96 valence electrons. The van der Waals surface area contributed by atoms with Crippen molar-refractivity contribution in [1.82, 2.24) is 15.0 Å². The largest absolute Gasteiger partial charge is 0.492 e. The molecule has 0 aromatic carbocycles. The third-order valence-corrected chi connectivity index (χ3v) is 3.11. The molecule has 0 bridgehead atoms. The van der Waals surface area contributed by atoms with Crippen molar-refractivity contribution < 1.29 is 5.11 Å². The number of aromatic nitrogens is 3.